The van der Waals surface area contributed by atoms with Crippen LogP contribution < -0.4 is 10.2 Å². The van der Waals surface area contributed by atoms with Crippen LogP contribution in [-0.4, -0.2) is 73.8 Å². The zero-order valence-electron chi connectivity index (χ0n) is 16.3. The first-order chi connectivity index (χ1) is 11.8. The van der Waals surface area contributed by atoms with E-state index in [9.17, 15) is 4.79 Å². The van der Waals surface area contributed by atoms with Gasteiger partial charge in [-0.25, -0.2) is 9.97 Å². The molecule has 0 saturated carbocycles. The molecule has 25 heavy (non-hydrogen) atoms. The van der Waals surface area contributed by atoms with Crippen molar-refractivity contribution in [2.75, 3.05) is 45.8 Å². The van der Waals surface area contributed by atoms with Gasteiger partial charge in [-0.3, -0.25) is 4.79 Å². The number of anilines is 1. The molecule has 0 bridgehead atoms. The highest BCUT2D eigenvalue weighted by molar-refractivity contribution is 5.90. The molecule has 1 N–H and O–H groups in total. The standard InChI is InChI=1S/C18H31N5O2/c1-12(8-10-25-6)19-15-7-9-23(11-15)17-13(2)14(3)20-16(21-17)18(24)22(4)5/h12,15,19H,7-11H2,1-6H3/t12?,15-/m1/s1. The van der Waals surface area contributed by atoms with Gasteiger partial charge in [-0.1, -0.05) is 0 Å². The molecule has 1 fully saturated rings. The van der Waals surface area contributed by atoms with E-state index in [4.69, 9.17) is 4.74 Å². The van der Waals surface area contributed by atoms with Crippen molar-refractivity contribution >= 4 is 11.7 Å². The zero-order valence-corrected chi connectivity index (χ0v) is 16.3. The van der Waals surface area contributed by atoms with Gasteiger partial charge in [0, 0.05) is 64.2 Å². The Labute approximate surface area is 150 Å². The van der Waals surface area contributed by atoms with Gasteiger partial charge in [-0.05, 0) is 33.6 Å². The summed E-state index contributed by atoms with van der Waals surface area (Å²) >= 11 is 0. The molecule has 140 valence electrons. The lowest BCUT2D eigenvalue weighted by Gasteiger charge is -2.23. The smallest absolute Gasteiger partial charge is 0.291 e. The van der Waals surface area contributed by atoms with Gasteiger partial charge < -0.3 is 19.9 Å². The number of hydrogen-bond acceptors (Lipinski definition) is 6. The van der Waals surface area contributed by atoms with E-state index in [-0.39, 0.29) is 11.7 Å². The van der Waals surface area contributed by atoms with Crippen LogP contribution in [0.3, 0.4) is 0 Å². The van der Waals surface area contributed by atoms with Crippen LogP contribution in [0.25, 0.3) is 0 Å². The minimum atomic E-state index is -0.161. The van der Waals surface area contributed by atoms with Gasteiger partial charge in [0.05, 0.1) is 0 Å². The average Bonchev–Trinajstić information content (AvgIpc) is 3.02. The van der Waals surface area contributed by atoms with Crippen molar-refractivity contribution < 1.29 is 9.53 Å². The molecule has 7 heteroatoms. The first kappa shape index (κ1) is 19.6. The summed E-state index contributed by atoms with van der Waals surface area (Å²) in [7, 11) is 5.17. The van der Waals surface area contributed by atoms with Crippen LogP contribution in [0.1, 0.15) is 41.6 Å². The highest BCUT2D eigenvalue weighted by Gasteiger charge is 2.27. The molecule has 7 nitrogen and oxygen atoms in total. The molecule has 1 aromatic rings. The Morgan fingerprint density at radius 1 is 1.40 bits per heavy atom. The average molecular weight is 349 g/mol. The Morgan fingerprint density at radius 2 is 2.12 bits per heavy atom. The number of nitrogens with one attached hydrogen (secondary N) is 1. The highest BCUT2D eigenvalue weighted by atomic mass is 16.5. The van der Waals surface area contributed by atoms with Gasteiger partial charge in [0.1, 0.15) is 5.82 Å². The Balaban J connectivity index is 2.10. The number of hydrogen-bond donors (Lipinski definition) is 1. The number of amides is 1. The molecule has 2 rings (SSSR count). The van der Waals surface area contributed by atoms with Gasteiger partial charge in [0.15, 0.2) is 0 Å². The van der Waals surface area contributed by atoms with E-state index in [2.05, 4.69) is 27.1 Å². The molecule has 1 amide bonds. The molecule has 2 atom stereocenters. The van der Waals surface area contributed by atoms with E-state index in [0.29, 0.717) is 12.1 Å². The van der Waals surface area contributed by atoms with Gasteiger partial charge in [0.2, 0.25) is 5.82 Å². The summed E-state index contributed by atoms with van der Waals surface area (Å²) in [5, 5.41) is 3.66. The molecule has 0 radical (unpaired) electrons. The fourth-order valence-corrected chi connectivity index (χ4v) is 3.09. The lowest BCUT2D eigenvalue weighted by atomic mass is 10.2. The summed E-state index contributed by atoms with van der Waals surface area (Å²) < 4.78 is 5.15. The van der Waals surface area contributed by atoms with Crippen molar-refractivity contribution in [2.24, 2.45) is 0 Å². The first-order valence-electron chi connectivity index (χ1n) is 8.90. The number of aromatic nitrogens is 2. The second-order valence-corrected chi connectivity index (χ2v) is 7.06. The van der Waals surface area contributed by atoms with E-state index >= 15 is 0 Å². The molecule has 1 aliphatic heterocycles. The summed E-state index contributed by atoms with van der Waals surface area (Å²) in [4.78, 5) is 25.0. The monoisotopic (exact) mass is 349 g/mol. The summed E-state index contributed by atoms with van der Waals surface area (Å²) in [6.45, 7) is 8.74. The van der Waals surface area contributed by atoms with Crippen molar-refractivity contribution in [3.05, 3.63) is 17.1 Å². The second kappa shape index (κ2) is 8.58. The Bertz CT molecular complexity index is 605. The Hall–Kier alpha value is -1.73. The predicted molar refractivity (Wildman–Crippen MR) is 99.2 cm³/mol. The summed E-state index contributed by atoms with van der Waals surface area (Å²) in [6.07, 6.45) is 2.07. The third-order valence-corrected chi connectivity index (χ3v) is 4.72. The Kier molecular flexibility index (Phi) is 6.72. The Morgan fingerprint density at radius 3 is 2.76 bits per heavy atom. The molecule has 2 heterocycles. The van der Waals surface area contributed by atoms with Crippen molar-refractivity contribution in [3.8, 4) is 0 Å². The van der Waals surface area contributed by atoms with E-state index < -0.39 is 0 Å². The molecular weight excluding hydrogens is 318 g/mol. The fraction of sp³-hybridized carbons (Fsp3) is 0.722. The highest BCUT2D eigenvalue weighted by Crippen LogP contribution is 2.24. The number of nitrogens with zero attached hydrogens (tertiary/aromatic N) is 4. The number of methoxy groups -OCH3 is 1. The quantitative estimate of drug-likeness (QED) is 0.802. The third-order valence-electron chi connectivity index (χ3n) is 4.72. The molecule has 0 spiro atoms. The summed E-state index contributed by atoms with van der Waals surface area (Å²) in [5.74, 6) is 0.992. The van der Waals surface area contributed by atoms with Crippen LogP contribution in [0.5, 0.6) is 0 Å². The molecule has 1 saturated heterocycles. The SMILES string of the molecule is COCCC(C)N[C@@H]1CCN(c2nc(C(=O)N(C)C)nc(C)c2C)C1. The lowest BCUT2D eigenvalue weighted by molar-refractivity contribution is 0.0815. The van der Waals surface area contributed by atoms with Crippen LogP contribution in [0.4, 0.5) is 5.82 Å². The largest absolute Gasteiger partial charge is 0.385 e. The fourth-order valence-electron chi connectivity index (χ4n) is 3.09. The first-order valence-corrected chi connectivity index (χ1v) is 8.90. The van der Waals surface area contributed by atoms with Crippen LogP contribution in [0.15, 0.2) is 0 Å². The summed E-state index contributed by atoms with van der Waals surface area (Å²) in [5.41, 5.74) is 1.91. The maximum absolute atomic E-state index is 12.2. The topological polar surface area (TPSA) is 70.6 Å². The van der Waals surface area contributed by atoms with E-state index in [1.54, 1.807) is 21.2 Å². The maximum atomic E-state index is 12.2. The predicted octanol–water partition coefficient (Wildman–Crippen LogP) is 1.39. The number of rotatable bonds is 7. The lowest BCUT2D eigenvalue weighted by Crippen LogP contribution is -2.39. The number of carbonyl (C=O) groups excluding carboxylic acids is 1. The van der Waals surface area contributed by atoms with Crippen molar-refractivity contribution in [3.63, 3.8) is 0 Å². The van der Waals surface area contributed by atoms with Gasteiger partial charge >= 0.3 is 0 Å². The van der Waals surface area contributed by atoms with Crippen LogP contribution >= 0.6 is 0 Å². The second-order valence-electron chi connectivity index (χ2n) is 7.06. The molecular formula is C18H31N5O2. The number of ether oxygens (including phenoxy) is 1. The number of aryl methyl sites for hydroxylation is 1. The molecule has 1 unspecified atom stereocenters. The van der Waals surface area contributed by atoms with Crippen LogP contribution in [-0.2, 0) is 4.74 Å². The van der Waals surface area contributed by atoms with Gasteiger partial charge in [0.25, 0.3) is 5.91 Å². The number of carbonyl (C=O) groups is 1. The van der Waals surface area contributed by atoms with E-state index in [0.717, 1.165) is 49.6 Å². The van der Waals surface area contributed by atoms with E-state index in [1.807, 2.05) is 13.8 Å². The minimum absolute atomic E-state index is 0.161. The van der Waals surface area contributed by atoms with E-state index in [1.165, 1.54) is 4.90 Å². The molecule has 1 aliphatic rings. The molecule has 1 aromatic heterocycles. The zero-order chi connectivity index (χ0) is 18.6. The van der Waals surface area contributed by atoms with Gasteiger partial charge in [-0.15, -0.1) is 0 Å². The molecule has 0 aromatic carbocycles. The van der Waals surface area contributed by atoms with Crippen molar-refractivity contribution in [1.82, 2.24) is 20.2 Å². The van der Waals surface area contributed by atoms with Crippen LogP contribution in [0, 0.1) is 13.8 Å². The van der Waals surface area contributed by atoms with Crippen molar-refractivity contribution in [2.45, 2.75) is 45.7 Å². The van der Waals surface area contributed by atoms with Crippen molar-refractivity contribution in [1.29, 1.82) is 0 Å². The maximum Gasteiger partial charge on any atom is 0.291 e. The minimum Gasteiger partial charge on any atom is -0.385 e. The third kappa shape index (κ3) is 4.89. The van der Waals surface area contributed by atoms with Crippen LogP contribution in [0.2, 0.25) is 0 Å². The van der Waals surface area contributed by atoms with Gasteiger partial charge in [-0.2, -0.15) is 0 Å². The summed E-state index contributed by atoms with van der Waals surface area (Å²) in [6, 6.07) is 0.846. The molecule has 0 aliphatic carbocycles. The normalized spacial score (nSPS) is 18.5.